The van der Waals surface area contributed by atoms with E-state index < -0.39 is 30.0 Å². The summed E-state index contributed by atoms with van der Waals surface area (Å²) in [6.45, 7) is 2.29. The van der Waals surface area contributed by atoms with E-state index in [1.807, 2.05) is 56.3 Å². The van der Waals surface area contributed by atoms with Crippen LogP contribution in [0.3, 0.4) is 0 Å². The Hall–Kier alpha value is -2.18. The number of methoxy groups -OCH3 is 1. The van der Waals surface area contributed by atoms with E-state index in [-0.39, 0.29) is 0 Å². The summed E-state index contributed by atoms with van der Waals surface area (Å²) < 4.78 is 53.7. The van der Waals surface area contributed by atoms with Crippen molar-refractivity contribution >= 4 is 54.7 Å². The molecule has 0 aromatic heterocycles. The van der Waals surface area contributed by atoms with E-state index in [1.54, 1.807) is 30.4 Å². The van der Waals surface area contributed by atoms with Crippen molar-refractivity contribution in [3.05, 3.63) is 65.7 Å². The zero-order chi connectivity index (χ0) is 22.6. The molecular weight excluding hydrogens is 537 g/mol. The van der Waals surface area contributed by atoms with Gasteiger partial charge in [-0.25, -0.2) is 0 Å². The molecule has 0 atom stereocenters. The van der Waals surface area contributed by atoms with Crippen LogP contribution in [0.4, 0.5) is 9.57 Å². The second-order valence-electron chi connectivity index (χ2n) is 6.76. The van der Waals surface area contributed by atoms with Gasteiger partial charge in [0.15, 0.2) is 0 Å². The number of nitrogens with zero attached hydrogens (tertiary/aromatic N) is 1. The third-order valence-corrected chi connectivity index (χ3v) is 11.3. The topological polar surface area (TPSA) is 65.1 Å². The van der Waals surface area contributed by atoms with E-state index in [4.69, 9.17) is 12.0 Å². The standard InChI is InChI=1S/C22H24FNO5STe/c1-5-28-21-15-19(12-8-16-6-9-17(10-7-16)24(2)3)31(29-30(23,25)26)22-14-18(27-4)11-13-20(21)22/h6-15H,5H2,1-4H3/b12-8+. The van der Waals surface area contributed by atoms with Gasteiger partial charge < -0.3 is 0 Å². The van der Waals surface area contributed by atoms with Gasteiger partial charge in [-0.3, -0.25) is 0 Å². The molecule has 1 heterocycles. The van der Waals surface area contributed by atoms with Crippen LogP contribution in [0.5, 0.6) is 5.75 Å². The van der Waals surface area contributed by atoms with E-state index in [0.717, 1.165) is 11.3 Å². The molecule has 3 rings (SSSR count). The summed E-state index contributed by atoms with van der Waals surface area (Å²) in [5, 5.41) is 0. The molecule has 2 aromatic rings. The van der Waals surface area contributed by atoms with Gasteiger partial charge in [0, 0.05) is 0 Å². The Kier molecular flexibility index (Phi) is 7.55. The Morgan fingerprint density at radius 3 is 2.39 bits per heavy atom. The first-order valence-electron chi connectivity index (χ1n) is 9.46. The van der Waals surface area contributed by atoms with Crippen molar-refractivity contribution in [3.63, 3.8) is 0 Å². The molecule has 0 fully saturated rings. The minimum absolute atomic E-state index is 0.429. The molecule has 0 amide bonds. The summed E-state index contributed by atoms with van der Waals surface area (Å²) in [7, 11) is 0.288. The first-order chi connectivity index (χ1) is 14.7. The maximum absolute atomic E-state index is 13.6. The summed E-state index contributed by atoms with van der Waals surface area (Å²) in [6, 6.07) is 13.1. The van der Waals surface area contributed by atoms with Crippen LogP contribution in [-0.2, 0) is 17.8 Å². The van der Waals surface area contributed by atoms with Crippen molar-refractivity contribution in [2.45, 2.75) is 6.92 Å². The SMILES string of the molecule is CCOC1=CC(/C=C/c2ccc(N(C)C)cc2)=[Te](OS(=O)(=O)F)c2cc(OC)ccc21. The number of ether oxygens (including phenoxy) is 2. The predicted octanol–water partition coefficient (Wildman–Crippen LogP) is 3.05. The number of rotatable bonds is 8. The van der Waals surface area contributed by atoms with Gasteiger partial charge in [0.2, 0.25) is 0 Å². The molecule has 0 saturated heterocycles. The van der Waals surface area contributed by atoms with Gasteiger partial charge in [0.1, 0.15) is 0 Å². The Morgan fingerprint density at radius 2 is 1.81 bits per heavy atom. The zero-order valence-corrected chi connectivity index (χ0v) is 20.8. The van der Waals surface area contributed by atoms with Crippen molar-refractivity contribution in [2.75, 3.05) is 32.7 Å². The van der Waals surface area contributed by atoms with Crippen molar-refractivity contribution in [2.24, 2.45) is 0 Å². The first-order valence-corrected chi connectivity index (χ1v) is 14.0. The number of hydrogen-bond donors (Lipinski definition) is 0. The Balaban J connectivity index is 2.13. The molecule has 0 aliphatic carbocycles. The third-order valence-electron chi connectivity index (χ3n) is 4.44. The van der Waals surface area contributed by atoms with Crippen LogP contribution >= 0.6 is 0 Å². The van der Waals surface area contributed by atoms with Crippen LogP contribution in [0.2, 0.25) is 0 Å². The van der Waals surface area contributed by atoms with Crippen molar-refractivity contribution < 1.29 is 24.3 Å². The molecule has 2 aromatic carbocycles. The summed E-state index contributed by atoms with van der Waals surface area (Å²) in [5.74, 6) is 1.12. The van der Waals surface area contributed by atoms with Crippen molar-refractivity contribution in [3.8, 4) is 5.75 Å². The van der Waals surface area contributed by atoms with Crippen molar-refractivity contribution in [1.82, 2.24) is 0 Å². The van der Waals surface area contributed by atoms with Gasteiger partial charge in [-0.05, 0) is 0 Å². The molecular formula is C22H24FNO5STe. The number of fused-ring (bicyclic) bond motifs is 1. The average Bonchev–Trinajstić information content (AvgIpc) is 2.73. The van der Waals surface area contributed by atoms with E-state index in [2.05, 4.69) is 0 Å². The normalized spacial score (nSPS) is 14.4. The zero-order valence-electron chi connectivity index (χ0n) is 17.7. The summed E-state index contributed by atoms with van der Waals surface area (Å²) in [4.78, 5) is 2.00. The van der Waals surface area contributed by atoms with E-state index >= 15 is 0 Å². The van der Waals surface area contributed by atoms with Crippen LogP contribution in [0.15, 0.2) is 54.6 Å². The fourth-order valence-corrected chi connectivity index (χ4v) is 9.56. The molecule has 6 nitrogen and oxygen atoms in total. The molecule has 166 valence electrons. The van der Waals surface area contributed by atoms with Crippen LogP contribution < -0.4 is 13.2 Å². The summed E-state index contributed by atoms with van der Waals surface area (Å²) in [6.07, 6.45) is 5.36. The predicted molar refractivity (Wildman–Crippen MR) is 124 cm³/mol. The Morgan fingerprint density at radius 1 is 1.10 bits per heavy atom. The van der Waals surface area contributed by atoms with Gasteiger partial charge in [0.25, 0.3) is 0 Å². The third kappa shape index (κ3) is 5.95. The molecule has 0 saturated carbocycles. The van der Waals surface area contributed by atoms with Crippen LogP contribution in [0, 0.1) is 0 Å². The Bertz CT molecular complexity index is 1150. The fraction of sp³-hybridized carbons (Fsp3) is 0.227. The van der Waals surface area contributed by atoms with Gasteiger partial charge in [0.05, 0.1) is 0 Å². The van der Waals surface area contributed by atoms with Crippen LogP contribution in [0.1, 0.15) is 18.1 Å². The van der Waals surface area contributed by atoms with Crippen LogP contribution in [-0.4, -0.2) is 59.3 Å². The van der Waals surface area contributed by atoms with Crippen molar-refractivity contribution in [1.29, 1.82) is 0 Å². The molecule has 0 bridgehead atoms. The molecule has 0 radical (unpaired) electrons. The molecule has 1 aliphatic rings. The minimum atomic E-state index is -5.14. The molecule has 1 aliphatic heterocycles. The summed E-state index contributed by atoms with van der Waals surface area (Å²) in [5.41, 5.74) is 2.67. The second-order valence-corrected chi connectivity index (χ2v) is 13.0. The Labute approximate surface area is 189 Å². The van der Waals surface area contributed by atoms with E-state index in [0.29, 0.717) is 30.8 Å². The monoisotopic (exact) mass is 563 g/mol. The maximum atomic E-state index is 13.6. The fourth-order valence-electron chi connectivity index (χ4n) is 2.98. The molecule has 0 spiro atoms. The number of allylic oxidation sites excluding steroid dienone is 2. The van der Waals surface area contributed by atoms with Gasteiger partial charge in [-0.2, -0.15) is 0 Å². The number of benzene rings is 2. The second kappa shape index (κ2) is 9.96. The quantitative estimate of drug-likeness (QED) is 0.365. The average molecular weight is 561 g/mol. The number of anilines is 1. The van der Waals surface area contributed by atoms with Gasteiger partial charge in [-0.1, -0.05) is 0 Å². The molecule has 9 heteroatoms. The van der Waals surface area contributed by atoms with Gasteiger partial charge >= 0.3 is 190 Å². The van der Waals surface area contributed by atoms with E-state index in [9.17, 15) is 12.3 Å². The first kappa shape index (κ1) is 23.5. The molecule has 0 unspecified atom stereocenters. The van der Waals surface area contributed by atoms with Crippen LogP contribution in [0.25, 0.3) is 11.8 Å². The molecule has 0 N–H and O–H groups in total. The number of halogens is 1. The summed E-state index contributed by atoms with van der Waals surface area (Å²) >= 11 is -3.30. The van der Waals surface area contributed by atoms with Gasteiger partial charge in [-0.15, -0.1) is 0 Å². The molecule has 31 heavy (non-hydrogen) atoms. The van der Waals surface area contributed by atoms with E-state index in [1.165, 1.54) is 7.11 Å². The number of hydrogen-bond acceptors (Lipinski definition) is 6.